The van der Waals surface area contributed by atoms with Gasteiger partial charge in [0.05, 0.1) is 6.54 Å². The minimum absolute atomic E-state index is 0.714. The van der Waals surface area contributed by atoms with Crippen LogP contribution in [-0.2, 0) is 6.54 Å². The summed E-state index contributed by atoms with van der Waals surface area (Å²) in [5.41, 5.74) is 1.02. The number of halogens is 2. The molecule has 0 unspecified atom stereocenters. The molecule has 0 radical (unpaired) electrons. The van der Waals surface area contributed by atoms with Gasteiger partial charge in [0.1, 0.15) is 11.5 Å². The average molecular weight is 384 g/mol. The average Bonchev–Trinajstić information content (AvgIpc) is 2.97. The molecule has 118 valence electrons. The molecule has 3 nitrogen and oxygen atoms in total. The minimum Gasteiger partial charge on any atom is -0.460 e. The van der Waals surface area contributed by atoms with E-state index in [2.05, 4.69) is 26.6 Å². The number of hydrogen-bond acceptors (Lipinski definition) is 3. The molecule has 1 fully saturated rings. The Kier molecular flexibility index (Phi) is 5.58. The van der Waals surface area contributed by atoms with Crippen molar-refractivity contribution in [3.63, 3.8) is 0 Å². The topological polar surface area (TPSA) is 37.2 Å². The Morgan fingerprint density at radius 3 is 2.82 bits per heavy atom. The second-order valence-corrected chi connectivity index (χ2v) is 7.01. The third-order valence-corrected chi connectivity index (χ3v) is 4.94. The molecule has 22 heavy (non-hydrogen) atoms. The van der Waals surface area contributed by atoms with E-state index in [4.69, 9.17) is 16.0 Å². The molecule has 2 aromatic rings. The molecular formula is C17H20BrClN2O. The van der Waals surface area contributed by atoms with Crippen LogP contribution in [0.5, 0.6) is 0 Å². The quantitative estimate of drug-likeness (QED) is 0.801. The Balaban J connectivity index is 1.56. The standard InChI is InChI=1S/C17H20BrClN2O/c18-16-9-13(19)1-3-15(16)17-4-2-14(22-17)11-21-10-12-5-7-20-8-6-12/h1-4,9,12,20-21H,5-8,10-11H2. The fourth-order valence-electron chi connectivity index (χ4n) is 2.79. The summed E-state index contributed by atoms with van der Waals surface area (Å²) in [7, 11) is 0. The summed E-state index contributed by atoms with van der Waals surface area (Å²) < 4.78 is 6.88. The molecule has 0 aliphatic carbocycles. The number of nitrogens with one attached hydrogen (secondary N) is 2. The first-order valence-electron chi connectivity index (χ1n) is 7.68. The van der Waals surface area contributed by atoms with E-state index in [-0.39, 0.29) is 0 Å². The van der Waals surface area contributed by atoms with Gasteiger partial charge in [0.2, 0.25) is 0 Å². The monoisotopic (exact) mass is 382 g/mol. The van der Waals surface area contributed by atoms with Gasteiger partial charge in [-0.15, -0.1) is 0 Å². The van der Waals surface area contributed by atoms with Crippen molar-refractivity contribution in [1.29, 1.82) is 0 Å². The minimum atomic E-state index is 0.714. The summed E-state index contributed by atoms with van der Waals surface area (Å²) in [6.45, 7) is 4.11. The Morgan fingerprint density at radius 2 is 2.05 bits per heavy atom. The second kappa shape index (κ2) is 7.64. The maximum absolute atomic E-state index is 5.98. The largest absolute Gasteiger partial charge is 0.460 e. The van der Waals surface area contributed by atoms with Gasteiger partial charge in [0, 0.05) is 15.1 Å². The van der Waals surface area contributed by atoms with Crippen LogP contribution >= 0.6 is 27.5 Å². The lowest BCUT2D eigenvalue weighted by molar-refractivity contribution is 0.350. The van der Waals surface area contributed by atoms with Crippen molar-refractivity contribution in [3.05, 3.63) is 45.6 Å². The summed E-state index contributed by atoms with van der Waals surface area (Å²) in [4.78, 5) is 0. The third-order valence-electron chi connectivity index (χ3n) is 4.05. The Morgan fingerprint density at radius 1 is 1.23 bits per heavy atom. The van der Waals surface area contributed by atoms with Gasteiger partial charge in [0.25, 0.3) is 0 Å². The maximum atomic E-state index is 5.98. The Bertz CT molecular complexity index is 623. The number of piperidine rings is 1. The molecule has 1 aromatic heterocycles. The SMILES string of the molecule is Clc1ccc(-c2ccc(CNCC3CCNCC3)o2)c(Br)c1. The molecule has 0 atom stereocenters. The highest BCUT2D eigenvalue weighted by Crippen LogP contribution is 2.31. The molecule has 3 rings (SSSR count). The molecule has 5 heteroatoms. The summed E-state index contributed by atoms with van der Waals surface area (Å²) in [6.07, 6.45) is 2.52. The number of benzene rings is 1. The van der Waals surface area contributed by atoms with E-state index in [1.165, 1.54) is 12.8 Å². The van der Waals surface area contributed by atoms with Gasteiger partial charge in [-0.1, -0.05) is 11.6 Å². The predicted molar refractivity (Wildman–Crippen MR) is 94.2 cm³/mol. The van der Waals surface area contributed by atoms with Crippen LogP contribution in [0.1, 0.15) is 18.6 Å². The molecule has 0 spiro atoms. The van der Waals surface area contributed by atoms with Crippen LogP contribution in [-0.4, -0.2) is 19.6 Å². The van der Waals surface area contributed by atoms with Crippen LogP contribution in [0.15, 0.2) is 39.2 Å². The van der Waals surface area contributed by atoms with Crippen LogP contribution < -0.4 is 10.6 Å². The number of furan rings is 1. The molecule has 0 amide bonds. The van der Waals surface area contributed by atoms with Gasteiger partial charge in [0.15, 0.2) is 0 Å². The van der Waals surface area contributed by atoms with Crippen molar-refractivity contribution >= 4 is 27.5 Å². The van der Waals surface area contributed by atoms with Crippen LogP contribution in [0.3, 0.4) is 0 Å². The van der Waals surface area contributed by atoms with Crippen LogP contribution in [0.25, 0.3) is 11.3 Å². The molecule has 1 saturated heterocycles. The van der Waals surface area contributed by atoms with Crippen molar-refractivity contribution < 1.29 is 4.42 Å². The van der Waals surface area contributed by atoms with Gasteiger partial charge in [-0.05, 0) is 84.7 Å². The van der Waals surface area contributed by atoms with Crippen molar-refractivity contribution in [2.24, 2.45) is 5.92 Å². The van der Waals surface area contributed by atoms with E-state index in [9.17, 15) is 0 Å². The molecule has 2 N–H and O–H groups in total. The highest BCUT2D eigenvalue weighted by Gasteiger charge is 2.13. The summed E-state index contributed by atoms with van der Waals surface area (Å²) >= 11 is 9.51. The molecular weight excluding hydrogens is 364 g/mol. The Labute approximate surface area is 144 Å². The zero-order valence-corrected chi connectivity index (χ0v) is 14.7. The molecule has 1 aliphatic heterocycles. The smallest absolute Gasteiger partial charge is 0.135 e. The first-order chi connectivity index (χ1) is 10.7. The lowest BCUT2D eigenvalue weighted by Gasteiger charge is -2.22. The van der Waals surface area contributed by atoms with E-state index < -0.39 is 0 Å². The van der Waals surface area contributed by atoms with Crippen molar-refractivity contribution in [2.75, 3.05) is 19.6 Å². The zero-order valence-electron chi connectivity index (χ0n) is 12.4. The fraction of sp³-hybridized carbons (Fsp3) is 0.412. The van der Waals surface area contributed by atoms with Crippen LogP contribution in [0, 0.1) is 5.92 Å². The molecule has 0 saturated carbocycles. The van der Waals surface area contributed by atoms with Crippen molar-refractivity contribution in [3.8, 4) is 11.3 Å². The van der Waals surface area contributed by atoms with E-state index in [1.807, 2.05) is 30.3 Å². The normalized spacial score (nSPS) is 16.1. The first-order valence-corrected chi connectivity index (χ1v) is 8.85. The lowest BCUT2D eigenvalue weighted by atomic mass is 9.98. The lowest BCUT2D eigenvalue weighted by Crippen LogP contribution is -2.33. The number of rotatable bonds is 5. The van der Waals surface area contributed by atoms with Crippen LogP contribution in [0.2, 0.25) is 5.02 Å². The highest BCUT2D eigenvalue weighted by molar-refractivity contribution is 9.10. The maximum Gasteiger partial charge on any atom is 0.135 e. The summed E-state index contributed by atoms with van der Waals surface area (Å²) in [6, 6.07) is 9.77. The van der Waals surface area contributed by atoms with E-state index in [1.54, 1.807) is 0 Å². The molecule has 1 aromatic carbocycles. The zero-order chi connectivity index (χ0) is 15.4. The van der Waals surface area contributed by atoms with Crippen LogP contribution in [0.4, 0.5) is 0 Å². The predicted octanol–water partition coefficient (Wildman–Crippen LogP) is 4.45. The highest BCUT2D eigenvalue weighted by atomic mass is 79.9. The molecule has 0 bridgehead atoms. The third kappa shape index (κ3) is 4.13. The van der Waals surface area contributed by atoms with Gasteiger partial charge in [-0.2, -0.15) is 0 Å². The fourth-order valence-corrected chi connectivity index (χ4v) is 3.67. The summed E-state index contributed by atoms with van der Waals surface area (Å²) in [5.74, 6) is 2.61. The van der Waals surface area contributed by atoms with Gasteiger partial charge in [-0.25, -0.2) is 0 Å². The summed E-state index contributed by atoms with van der Waals surface area (Å²) in [5, 5.41) is 7.61. The Hall–Kier alpha value is -0.810. The molecule has 1 aliphatic rings. The van der Waals surface area contributed by atoms with E-state index >= 15 is 0 Å². The van der Waals surface area contributed by atoms with Gasteiger partial charge < -0.3 is 15.1 Å². The van der Waals surface area contributed by atoms with Crippen molar-refractivity contribution in [2.45, 2.75) is 19.4 Å². The first kappa shape index (κ1) is 16.1. The van der Waals surface area contributed by atoms with Crippen molar-refractivity contribution in [1.82, 2.24) is 10.6 Å². The van der Waals surface area contributed by atoms with Gasteiger partial charge >= 0.3 is 0 Å². The van der Waals surface area contributed by atoms with Gasteiger partial charge in [-0.3, -0.25) is 0 Å². The second-order valence-electron chi connectivity index (χ2n) is 5.71. The molecule has 2 heterocycles. The van der Waals surface area contributed by atoms with E-state index in [0.717, 1.165) is 53.7 Å². The van der Waals surface area contributed by atoms with E-state index in [0.29, 0.717) is 5.02 Å². The number of hydrogen-bond donors (Lipinski definition) is 2.